The average Bonchev–Trinajstić information content (AvgIpc) is 0.722. The summed E-state index contributed by atoms with van der Waals surface area (Å²) in [4.78, 5) is 29.3. The van der Waals surface area contributed by atoms with Gasteiger partial charge in [-0.3, -0.25) is 0 Å². The fourth-order valence-electron chi connectivity index (χ4n) is 0. The number of hydrogen-bond donors (Lipinski definition) is 4. The van der Waals surface area contributed by atoms with E-state index >= 15 is 0 Å². The molecule has 4 nitrogen and oxygen atoms in total. The van der Waals surface area contributed by atoms with Crippen molar-refractivity contribution in [3.05, 3.63) is 0 Å². The van der Waals surface area contributed by atoms with Crippen molar-refractivity contribution in [3.8, 4) is 0 Å². The van der Waals surface area contributed by atoms with Crippen molar-refractivity contribution in [2.45, 2.75) is 0 Å². The van der Waals surface area contributed by atoms with E-state index in [2.05, 4.69) is 0 Å². The molecule has 0 fully saturated rings. The summed E-state index contributed by atoms with van der Waals surface area (Å²) < 4.78 is 0. The van der Waals surface area contributed by atoms with Crippen LogP contribution in [0.5, 0.6) is 0 Å². The molecule has 44 valence electrons. The third-order valence-electron chi connectivity index (χ3n) is 0. The van der Waals surface area contributed by atoms with E-state index in [1.54, 1.807) is 0 Å². The van der Waals surface area contributed by atoms with Gasteiger partial charge in [-0.2, -0.15) is 9.90 Å². The van der Waals surface area contributed by atoms with Crippen LogP contribution in [0.3, 0.4) is 0 Å². The van der Waals surface area contributed by atoms with Gasteiger partial charge in [0.2, 0.25) is 0 Å². The molecule has 7 heavy (non-hydrogen) atoms. The molecule has 1 unspecified atom stereocenters. The Balaban J connectivity index is -0.0000000800. The Bertz CT molecular complexity index is 27.2. The van der Waals surface area contributed by atoms with Crippen molar-refractivity contribution in [1.29, 1.82) is 0 Å². The molecule has 0 rings (SSSR count). The first-order valence-electron chi connectivity index (χ1n) is 0.894. The molecule has 0 bridgehead atoms. The zero-order chi connectivity index (χ0) is 4.50. The zero-order valence-corrected chi connectivity index (χ0v) is 8.37. The Morgan fingerprint density at radius 3 is 0.857 bits per heavy atom. The minimum absolute atomic E-state index is 0. The van der Waals surface area contributed by atoms with Crippen molar-refractivity contribution in [2.75, 3.05) is 0 Å². The van der Waals surface area contributed by atoms with Crippen LogP contribution < -0.4 is 0 Å². The minimum atomic E-state index is -4.61. The van der Waals surface area contributed by atoms with E-state index < -0.39 is 9.05 Å². The number of rotatable bonds is 0. The maximum absolute atomic E-state index is 7.33. The van der Waals surface area contributed by atoms with Crippen LogP contribution in [0.15, 0.2) is 0 Å². The van der Waals surface area contributed by atoms with Crippen molar-refractivity contribution in [1.82, 2.24) is 0 Å². The van der Waals surface area contributed by atoms with Gasteiger partial charge in [0.25, 0.3) is 0 Å². The summed E-state index contributed by atoms with van der Waals surface area (Å²) in [6.45, 7) is 0. The van der Waals surface area contributed by atoms with E-state index in [-0.39, 0.29) is 36.1 Å². The van der Waals surface area contributed by atoms with E-state index in [1.165, 1.54) is 0 Å². The molecule has 0 saturated carbocycles. The van der Waals surface area contributed by atoms with Gasteiger partial charge in [0.05, 0.1) is 0 Å². The second-order valence-corrected chi connectivity index (χ2v) is 1.80. The van der Waals surface area contributed by atoms with Crippen LogP contribution in [0.4, 0.5) is 0 Å². The molecule has 7 heteroatoms. The molecule has 0 aromatic carbocycles. The molecule has 1 atom stereocenters. The van der Waals surface area contributed by atoms with Crippen molar-refractivity contribution < 1.29 is 45.4 Å². The molecule has 0 aromatic heterocycles. The minimum Gasteiger partial charge on any atom is -0.368 e. The summed E-state index contributed by atoms with van der Waals surface area (Å²) in [5.74, 6) is 0. The molecule has 0 aliphatic carbocycles. The van der Waals surface area contributed by atoms with E-state index in [0.29, 0.717) is 0 Å². The summed E-state index contributed by atoms with van der Waals surface area (Å²) in [6, 6.07) is 0. The van der Waals surface area contributed by atoms with Crippen LogP contribution >= 0.6 is 9.90 Å². The Morgan fingerprint density at radius 1 is 0.857 bits per heavy atom. The topological polar surface area (TPSA) is 80.9 Å². The Morgan fingerprint density at radius 2 is 0.857 bits per heavy atom. The first kappa shape index (κ1) is 15.8. The molecule has 0 radical (unpaired) electrons. The van der Waals surface area contributed by atoms with E-state index in [0.717, 1.165) is 0 Å². The van der Waals surface area contributed by atoms with Gasteiger partial charge in [0, 0.05) is 26.2 Å². The number of hydrogen-bond acceptors (Lipinski definition) is 4. The van der Waals surface area contributed by atoms with Crippen molar-refractivity contribution in [2.24, 2.45) is 0 Å². The molecule has 0 aromatic rings. The molecular weight excluding hydrogens is 214 g/mol. The molecule has 0 spiro atoms. The Labute approximate surface area is 64.4 Å². The molecule has 0 aliphatic rings. The van der Waals surface area contributed by atoms with Crippen LogP contribution in [0.25, 0.3) is 0 Å². The van der Waals surface area contributed by atoms with Gasteiger partial charge < -0.3 is 19.2 Å². The fraction of sp³-hybridized carbons (Fsp3) is 0. The third kappa shape index (κ3) is 113. The summed E-state index contributed by atoms with van der Waals surface area (Å²) in [7, 11) is -4.61. The van der Waals surface area contributed by atoms with E-state index in [4.69, 9.17) is 19.2 Å². The van der Waals surface area contributed by atoms with E-state index in [9.17, 15) is 0 Å². The summed E-state index contributed by atoms with van der Waals surface area (Å²) >= 11 is 0. The normalized spacial score (nSPS) is 8.57. The molecular formula is H7O4PSiZr. The second-order valence-electron chi connectivity index (χ2n) is 0.600. The quantitative estimate of drug-likeness (QED) is 0.268. The molecule has 4 N–H and O–H groups in total. The zero-order valence-electron chi connectivity index (χ0n) is 3.50. The summed E-state index contributed by atoms with van der Waals surface area (Å²) in [5, 5.41) is 0. The second kappa shape index (κ2) is 5.51. The summed E-state index contributed by atoms with van der Waals surface area (Å²) in [6.07, 6.45) is 0. The first-order chi connectivity index (χ1) is 2.00. The van der Waals surface area contributed by atoms with Gasteiger partial charge >= 0.3 is 9.05 Å². The standard InChI is InChI=1S/H4O4Si.H3P.Zr/c1-5(2,3)4;;/h1-4H;1H3;. The van der Waals surface area contributed by atoms with Gasteiger partial charge in [-0.05, 0) is 0 Å². The molecule has 0 aliphatic heterocycles. The van der Waals surface area contributed by atoms with Crippen molar-refractivity contribution in [3.63, 3.8) is 0 Å². The van der Waals surface area contributed by atoms with Crippen LogP contribution in [-0.4, -0.2) is 28.2 Å². The van der Waals surface area contributed by atoms with Crippen molar-refractivity contribution >= 4 is 18.9 Å². The Kier molecular flexibility index (Phi) is 12.4. The average molecular weight is 221 g/mol. The first-order valence-corrected chi connectivity index (χ1v) is 2.68. The van der Waals surface area contributed by atoms with Gasteiger partial charge in [-0.15, -0.1) is 0 Å². The van der Waals surface area contributed by atoms with Crippen LogP contribution in [0.1, 0.15) is 0 Å². The molecule has 0 saturated heterocycles. The maximum atomic E-state index is 7.33. The maximum Gasteiger partial charge on any atom is 0.668 e. The predicted octanol–water partition coefficient (Wildman–Crippen LogP) is -2.55. The fourth-order valence-corrected chi connectivity index (χ4v) is 0. The van der Waals surface area contributed by atoms with Gasteiger partial charge in [0.15, 0.2) is 0 Å². The van der Waals surface area contributed by atoms with Crippen LogP contribution in [-0.2, 0) is 26.2 Å². The van der Waals surface area contributed by atoms with Gasteiger partial charge in [-0.25, -0.2) is 0 Å². The monoisotopic (exact) mass is 220 g/mol. The molecule has 0 heterocycles. The van der Waals surface area contributed by atoms with Crippen LogP contribution in [0, 0.1) is 0 Å². The molecule has 0 amide bonds. The van der Waals surface area contributed by atoms with E-state index in [1.807, 2.05) is 0 Å². The van der Waals surface area contributed by atoms with Gasteiger partial charge in [-0.1, -0.05) is 0 Å². The van der Waals surface area contributed by atoms with Gasteiger partial charge in [0.1, 0.15) is 0 Å². The SMILES string of the molecule is O[Si](O)(O)O.P.[Zr]. The predicted molar refractivity (Wildman–Crippen MR) is 25.7 cm³/mol. The largest absolute Gasteiger partial charge is 0.668 e. The Hall–Kier alpha value is 1.37. The summed E-state index contributed by atoms with van der Waals surface area (Å²) in [5.41, 5.74) is 0. The third-order valence-corrected chi connectivity index (χ3v) is 0. The van der Waals surface area contributed by atoms with Crippen LogP contribution in [0.2, 0.25) is 0 Å². The smallest absolute Gasteiger partial charge is 0.368 e.